The van der Waals surface area contributed by atoms with E-state index in [4.69, 9.17) is 10.5 Å². The van der Waals surface area contributed by atoms with Gasteiger partial charge in [-0.05, 0) is 42.7 Å². The summed E-state index contributed by atoms with van der Waals surface area (Å²) >= 11 is 0. The number of nitrogens with one attached hydrogen (secondary N) is 1. The van der Waals surface area contributed by atoms with Crippen molar-refractivity contribution in [1.29, 1.82) is 0 Å². The first-order valence-electron chi connectivity index (χ1n) is 13.1. The second-order valence-electron chi connectivity index (χ2n) is 10.3. The first-order valence-corrected chi connectivity index (χ1v) is 14.5. The molecule has 2 aromatic carbocycles. The number of sulfonamides is 1. The van der Waals surface area contributed by atoms with Crippen LogP contribution in [0.3, 0.4) is 0 Å². The number of benzene rings is 2. The average Bonchev–Trinajstić information content (AvgIpc) is 2.93. The van der Waals surface area contributed by atoms with Gasteiger partial charge in [0.15, 0.2) is 0 Å². The lowest BCUT2D eigenvalue weighted by molar-refractivity contribution is 0.0600. The number of aromatic nitrogens is 2. The summed E-state index contributed by atoms with van der Waals surface area (Å²) in [4.78, 5) is 42.5. The molecule has 0 radical (unpaired) electrons. The van der Waals surface area contributed by atoms with E-state index in [0.29, 0.717) is 30.8 Å². The normalized spacial score (nSPS) is 15.7. The van der Waals surface area contributed by atoms with E-state index in [1.807, 2.05) is 25.7 Å². The van der Waals surface area contributed by atoms with Crippen LogP contribution in [0.2, 0.25) is 0 Å². The fourth-order valence-electron chi connectivity index (χ4n) is 4.95. The average molecular weight is 570 g/mol. The minimum absolute atomic E-state index is 0.0548. The number of methoxy groups -OCH3 is 1. The van der Waals surface area contributed by atoms with Crippen molar-refractivity contribution in [3.8, 4) is 0 Å². The largest absolute Gasteiger partial charge is 0.465 e. The van der Waals surface area contributed by atoms with Crippen LogP contribution in [0.1, 0.15) is 46.9 Å². The van der Waals surface area contributed by atoms with Gasteiger partial charge in [-0.25, -0.2) is 18.0 Å². The van der Waals surface area contributed by atoms with Gasteiger partial charge in [0.2, 0.25) is 10.0 Å². The Morgan fingerprint density at radius 2 is 1.60 bits per heavy atom. The zero-order chi connectivity index (χ0) is 29.2. The lowest BCUT2D eigenvalue weighted by Crippen LogP contribution is -2.51. The van der Waals surface area contributed by atoms with Gasteiger partial charge in [0.25, 0.3) is 5.56 Å². The molecular formula is C28H35N5O6S. The third kappa shape index (κ3) is 5.88. The molecule has 0 bridgehead atoms. The summed E-state index contributed by atoms with van der Waals surface area (Å²) < 4.78 is 34.2. The molecule has 3 aromatic rings. The molecule has 2 heterocycles. The maximum Gasteiger partial charge on any atom is 0.337 e. The molecule has 0 aliphatic carbocycles. The van der Waals surface area contributed by atoms with Crippen LogP contribution in [0.25, 0.3) is 0 Å². The Morgan fingerprint density at radius 1 is 1.00 bits per heavy atom. The number of nitrogens with zero attached hydrogens (tertiary/aromatic N) is 3. The summed E-state index contributed by atoms with van der Waals surface area (Å²) in [5, 5.41) is 0. The Bertz CT molecular complexity index is 1590. The van der Waals surface area contributed by atoms with Gasteiger partial charge in [0.05, 0.1) is 29.2 Å². The number of carbonyl (C=O) groups is 1. The van der Waals surface area contributed by atoms with Gasteiger partial charge < -0.3 is 10.5 Å². The van der Waals surface area contributed by atoms with Crippen LogP contribution < -0.4 is 17.0 Å². The summed E-state index contributed by atoms with van der Waals surface area (Å²) in [6.07, 6.45) is 0. The monoisotopic (exact) mass is 569 g/mol. The van der Waals surface area contributed by atoms with Gasteiger partial charge >= 0.3 is 11.7 Å². The highest BCUT2D eigenvalue weighted by atomic mass is 32.2. The Labute approximate surface area is 233 Å². The summed E-state index contributed by atoms with van der Waals surface area (Å²) in [5.74, 6) is -0.355. The van der Waals surface area contributed by atoms with Crippen molar-refractivity contribution in [2.45, 2.75) is 38.3 Å². The summed E-state index contributed by atoms with van der Waals surface area (Å²) in [6.45, 7) is 7.07. The molecule has 0 amide bonds. The van der Waals surface area contributed by atoms with Crippen LogP contribution in [-0.2, 0) is 21.3 Å². The summed E-state index contributed by atoms with van der Waals surface area (Å²) in [6, 6.07) is 12.6. The van der Waals surface area contributed by atoms with Gasteiger partial charge in [0, 0.05) is 32.7 Å². The van der Waals surface area contributed by atoms with Crippen molar-refractivity contribution >= 4 is 21.8 Å². The molecule has 3 N–H and O–H groups in total. The maximum atomic E-state index is 13.3. The summed E-state index contributed by atoms with van der Waals surface area (Å²) in [5.41, 5.74) is 7.46. The van der Waals surface area contributed by atoms with E-state index < -0.39 is 33.3 Å². The second-order valence-corrected chi connectivity index (χ2v) is 12.3. The third-order valence-corrected chi connectivity index (χ3v) is 8.96. The molecule has 11 nitrogen and oxygen atoms in total. The van der Waals surface area contributed by atoms with Crippen molar-refractivity contribution in [3.63, 3.8) is 0 Å². The van der Waals surface area contributed by atoms with Crippen molar-refractivity contribution in [2.75, 3.05) is 39.0 Å². The minimum atomic E-state index is -3.70. The van der Waals surface area contributed by atoms with Crippen molar-refractivity contribution in [2.24, 2.45) is 5.92 Å². The lowest BCUT2D eigenvalue weighted by atomic mass is 9.96. The number of H-pyrrole nitrogens is 1. The Hall–Kier alpha value is -3.74. The molecule has 1 aliphatic heterocycles. The standard InChI is InChI=1S/C28H35N5O6S/c1-18(2)17-33-25(29)23(26(34)30-28(33)36)24(20-7-9-21(10-8-20)27(35)39-4)31-13-15-32(16-14-31)40(37,38)22-11-5-19(3)6-12-22/h5-12,18,24H,13-17,29H2,1-4H3,(H,30,34,36)/t24-/m0/s1. The molecule has 1 saturated heterocycles. The van der Waals surface area contributed by atoms with E-state index in [0.717, 1.165) is 5.56 Å². The number of aromatic amines is 1. The molecule has 1 atom stereocenters. The topological polar surface area (TPSA) is 148 Å². The number of ether oxygens (including phenoxy) is 1. The number of piperazine rings is 1. The lowest BCUT2D eigenvalue weighted by Gasteiger charge is -2.39. The second kappa shape index (κ2) is 11.8. The van der Waals surface area contributed by atoms with Gasteiger partial charge in [-0.2, -0.15) is 4.31 Å². The predicted molar refractivity (Wildman–Crippen MR) is 152 cm³/mol. The smallest absolute Gasteiger partial charge is 0.337 e. The molecule has 12 heteroatoms. The van der Waals surface area contributed by atoms with E-state index in [9.17, 15) is 22.8 Å². The zero-order valence-electron chi connectivity index (χ0n) is 23.1. The van der Waals surface area contributed by atoms with Gasteiger partial charge in [-0.1, -0.05) is 43.7 Å². The van der Waals surface area contributed by atoms with Gasteiger partial charge in [-0.15, -0.1) is 0 Å². The minimum Gasteiger partial charge on any atom is -0.465 e. The highest BCUT2D eigenvalue weighted by molar-refractivity contribution is 7.89. The first kappa shape index (κ1) is 29.2. The fraction of sp³-hybridized carbons (Fsp3) is 0.393. The van der Waals surface area contributed by atoms with Crippen LogP contribution in [0.4, 0.5) is 5.82 Å². The van der Waals surface area contributed by atoms with Crippen LogP contribution in [0.5, 0.6) is 0 Å². The number of hydrogen-bond donors (Lipinski definition) is 2. The predicted octanol–water partition coefficient (Wildman–Crippen LogP) is 1.97. The molecule has 1 aliphatic rings. The number of nitrogens with two attached hydrogens (primary N) is 1. The van der Waals surface area contributed by atoms with Crippen molar-refractivity contribution in [3.05, 3.63) is 91.6 Å². The number of esters is 1. The number of anilines is 1. The molecule has 214 valence electrons. The van der Waals surface area contributed by atoms with E-state index >= 15 is 0 Å². The van der Waals surface area contributed by atoms with Crippen LogP contribution in [0, 0.1) is 12.8 Å². The number of aryl methyl sites for hydroxylation is 1. The maximum absolute atomic E-state index is 13.3. The molecule has 40 heavy (non-hydrogen) atoms. The van der Waals surface area contributed by atoms with Gasteiger partial charge in [-0.3, -0.25) is 19.2 Å². The van der Waals surface area contributed by atoms with Crippen LogP contribution in [0.15, 0.2) is 63.0 Å². The zero-order valence-corrected chi connectivity index (χ0v) is 23.9. The highest BCUT2D eigenvalue weighted by Gasteiger charge is 2.35. The quantitative estimate of drug-likeness (QED) is 0.391. The SMILES string of the molecule is COC(=O)c1ccc([C@@H](c2c(N)n(CC(C)C)c(=O)[nH]c2=O)N2CCN(S(=O)(=O)c3ccc(C)cc3)CC2)cc1. The Balaban J connectivity index is 1.73. The van der Waals surface area contributed by atoms with Crippen molar-refractivity contribution < 1.29 is 17.9 Å². The first-order chi connectivity index (χ1) is 18.9. The molecule has 1 fully saturated rings. The third-order valence-electron chi connectivity index (χ3n) is 7.04. The molecule has 0 spiro atoms. The van der Waals surface area contributed by atoms with Gasteiger partial charge in [0.1, 0.15) is 5.82 Å². The highest BCUT2D eigenvalue weighted by Crippen LogP contribution is 2.32. The van der Waals surface area contributed by atoms with E-state index in [1.165, 1.54) is 16.0 Å². The number of carbonyl (C=O) groups excluding carboxylic acids is 1. The summed E-state index contributed by atoms with van der Waals surface area (Å²) in [7, 11) is -2.41. The number of hydrogen-bond acceptors (Lipinski definition) is 8. The van der Waals surface area contributed by atoms with E-state index in [-0.39, 0.29) is 35.3 Å². The van der Waals surface area contributed by atoms with E-state index in [2.05, 4.69) is 4.98 Å². The fourth-order valence-corrected chi connectivity index (χ4v) is 6.38. The Morgan fingerprint density at radius 3 is 2.15 bits per heavy atom. The molecule has 0 unspecified atom stereocenters. The molecule has 1 aromatic heterocycles. The molecule has 4 rings (SSSR count). The van der Waals surface area contributed by atoms with Crippen LogP contribution >= 0.6 is 0 Å². The Kier molecular flexibility index (Phi) is 8.62. The number of rotatable bonds is 8. The molecular weight excluding hydrogens is 534 g/mol. The van der Waals surface area contributed by atoms with Crippen molar-refractivity contribution in [1.82, 2.24) is 18.8 Å². The molecule has 0 saturated carbocycles. The van der Waals surface area contributed by atoms with E-state index in [1.54, 1.807) is 48.5 Å². The number of nitrogen functional groups attached to an aromatic ring is 1. The van der Waals surface area contributed by atoms with Crippen LogP contribution in [-0.4, -0.2) is 66.4 Å².